The van der Waals surface area contributed by atoms with Gasteiger partial charge in [-0.05, 0) is 25.3 Å². The molecule has 0 aromatic carbocycles. The second-order valence-corrected chi connectivity index (χ2v) is 5.01. The lowest BCUT2D eigenvalue weighted by Crippen LogP contribution is -2.14. The van der Waals surface area contributed by atoms with Crippen LogP contribution < -0.4 is 10.1 Å². The zero-order chi connectivity index (χ0) is 13.9. The van der Waals surface area contributed by atoms with Crippen LogP contribution >= 0.6 is 0 Å². The fourth-order valence-electron chi connectivity index (χ4n) is 1.92. The van der Waals surface area contributed by atoms with E-state index in [4.69, 9.17) is 9.15 Å². The topological polar surface area (TPSA) is 47.3 Å². The number of aromatic nitrogens is 1. The minimum Gasteiger partial charge on any atom is -0.450 e. The van der Waals surface area contributed by atoms with Crippen LogP contribution in [-0.2, 0) is 6.54 Å². The van der Waals surface area contributed by atoms with Gasteiger partial charge >= 0.3 is 6.08 Å². The Morgan fingerprint density at radius 3 is 2.84 bits per heavy atom. The number of unbranched alkanes of at least 4 members (excludes halogenated alkanes) is 1. The average molecular weight is 268 g/mol. The quantitative estimate of drug-likeness (QED) is 0.621. The Morgan fingerprint density at radius 1 is 1.32 bits per heavy atom. The summed E-state index contributed by atoms with van der Waals surface area (Å²) in [4.78, 5) is 4.32. The Kier molecular flexibility index (Phi) is 8.30. The van der Waals surface area contributed by atoms with Gasteiger partial charge in [-0.25, -0.2) is 0 Å². The maximum Gasteiger partial charge on any atom is 0.393 e. The van der Waals surface area contributed by atoms with Crippen LogP contribution in [0.1, 0.15) is 58.6 Å². The van der Waals surface area contributed by atoms with E-state index in [1.54, 1.807) is 6.26 Å². The molecule has 4 heteroatoms. The molecule has 110 valence electrons. The van der Waals surface area contributed by atoms with Gasteiger partial charge in [0.05, 0.1) is 12.3 Å². The molecule has 0 aliphatic heterocycles. The Bertz CT molecular complexity index is 326. The second-order valence-electron chi connectivity index (χ2n) is 5.01. The van der Waals surface area contributed by atoms with Gasteiger partial charge in [-0.2, -0.15) is 4.98 Å². The van der Waals surface area contributed by atoms with E-state index in [2.05, 4.69) is 31.1 Å². The first-order chi connectivity index (χ1) is 9.30. The van der Waals surface area contributed by atoms with Crippen molar-refractivity contribution in [1.82, 2.24) is 10.3 Å². The van der Waals surface area contributed by atoms with Gasteiger partial charge in [0.15, 0.2) is 0 Å². The number of hydrogen-bond donors (Lipinski definition) is 1. The summed E-state index contributed by atoms with van der Waals surface area (Å²) in [6, 6.07) is 0. The Balaban J connectivity index is 2.28. The first-order valence-electron chi connectivity index (χ1n) is 7.58. The van der Waals surface area contributed by atoms with Crippen molar-refractivity contribution in [1.29, 1.82) is 0 Å². The molecule has 0 bridgehead atoms. The summed E-state index contributed by atoms with van der Waals surface area (Å²) in [5.74, 6) is 0.605. The van der Waals surface area contributed by atoms with Gasteiger partial charge < -0.3 is 14.5 Å². The van der Waals surface area contributed by atoms with Crippen LogP contribution in [0.3, 0.4) is 0 Å². The predicted molar refractivity (Wildman–Crippen MR) is 77.3 cm³/mol. The van der Waals surface area contributed by atoms with Gasteiger partial charge in [0.2, 0.25) is 0 Å². The largest absolute Gasteiger partial charge is 0.450 e. The molecule has 1 rings (SSSR count). The van der Waals surface area contributed by atoms with Gasteiger partial charge in [0.25, 0.3) is 0 Å². The van der Waals surface area contributed by atoms with Crippen molar-refractivity contribution in [2.24, 2.45) is 5.92 Å². The molecule has 19 heavy (non-hydrogen) atoms. The molecular formula is C15H28N2O2. The number of rotatable bonds is 11. The Hall–Kier alpha value is -1.03. The normalized spacial score (nSPS) is 12.6. The van der Waals surface area contributed by atoms with E-state index >= 15 is 0 Å². The Morgan fingerprint density at radius 2 is 2.16 bits per heavy atom. The molecule has 0 radical (unpaired) electrons. The molecular weight excluding hydrogens is 240 g/mol. The van der Waals surface area contributed by atoms with E-state index in [-0.39, 0.29) is 0 Å². The zero-order valence-electron chi connectivity index (χ0n) is 12.6. The molecule has 1 aromatic rings. The monoisotopic (exact) mass is 268 g/mol. The highest BCUT2D eigenvalue weighted by Crippen LogP contribution is 2.16. The van der Waals surface area contributed by atoms with E-state index in [0.29, 0.717) is 18.6 Å². The SMILES string of the molecule is CCCCC(CC)COc1nc(CNCCC)co1. The minimum atomic E-state index is 0.406. The molecule has 4 nitrogen and oxygen atoms in total. The van der Waals surface area contributed by atoms with E-state index in [9.17, 15) is 0 Å². The summed E-state index contributed by atoms with van der Waals surface area (Å²) in [6.07, 6.45) is 8.07. The highest BCUT2D eigenvalue weighted by molar-refractivity contribution is 4.99. The lowest BCUT2D eigenvalue weighted by molar-refractivity contribution is 0.179. The molecule has 1 N–H and O–H groups in total. The molecule has 0 fully saturated rings. The van der Waals surface area contributed by atoms with E-state index in [1.807, 2.05) is 0 Å². The van der Waals surface area contributed by atoms with Crippen LogP contribution in [0.15, 0.2) is 10.7 Å². The van der Waals surface area contributed by atoms with Crippen molar-refractivity contribution in [3.63, 3.8) is 0 Å². The summed E-state index contributed by atoms with van der Waals surface area (Å²) in [5.41, 5.74) is 0.907. The van der Waals surface area contributed by atoms with Crippen LogP contribution in [0.25, 0.3) is 0 Å². The number of ether oxygens (including phenoxy) is 1. The van der Waals surface area contributed by atoms with Gasteiger partial charge in [-0.1, -0.05) is 40.0 Å². The first kappa shape index (κ1) is 16.0. The lowest BCUT2D eigenvalue weighted by Gasteiger charge is -2.13. The Labute approximate surface area is 116 Å². The third kappa shape index (κ3) is 6.62. The summed E-state index contributed by atoms with van der Waals surface area (Å²) in [6.45, 7) is 9.02. The molecule has 1 aromatic heterocycles. The van der Waals surface area contributed by atoms with Crippen molar-refractivity contribution in [2.75, 3.05) is 13.2 Å². The highest BCUT2D eigenvalue weighted by atomic mass is 16.6. The summed E-state index contributed by atoms with van der Waals surface area (Å²) >= 11 is 0. The maximum atomic E-state index is 5.64. The molecule has 0 aliphatic carbocycles. The van der Waals surface area contributed by atoms with Gasteiger partial charge in [-0.15, -0.1) is 0 Å². The van der Waals surface area contributed by atoms with Crippen molar-refractivity contribution >= 4 is 0 Å². The van der Waals surface area contributed by atoms with E-state index < -0.39 is 0 Å². The minimum absolute atomic E-state index is 0.406. The smallest absolute Gasteiger partial charge is 0.393 e. The van der Waals surface area contributed by atoms with Crippen molar-refractivity contribution in [3.05, 3.63) is 12.0 Å². The molecule has 1 heterocycles. The van der Waals surface area contributed by atoms with Gasteiger partial charge in [0.1, 0.15) is 6.26 Å². The van der Waals surface area contributed by atoms with E-state index in [0.717, 1.165) is 31.6 Å². The third-order valence-corrected chi connectivity index (χ3v) is 3.25. The highest BCUT2D eigenvalue weighted by Gasteiger charge is 2.10. The number of nitrogens with one attached hydrogen (secondary N) is 1. The summed E-state index contributed by atoms with van der Waals surface area (Å²) in [5, 5.41) is 3.29. The molecule has 0 aliphatic rings. The molecule has 1 atom stereocenters. The first-order valence-corrected chi connectivity index (χ1v) is 7.58. The van der Waals surface area contributed by atoms with Crippen LogP contribution in [0.4, 0.5) is 0 Å². The maximum absolute atomic E-state index is 5.64. The fourth-order valence-corrected chi connectivity index (χ4v) is 1.92. The third-order valence-electron chi connectivity index (χ3n) is 3.25. The average Bonchev–Trinajstić information content (AvgIpc) is 2.87. The van der Waals surface area contributed by atoms with Crippen molar-refractivity contribution in [2.45, 2.75) is 59.4 Å². The lowest BCUT2D eigenvalue weighted by atomic mass is 10.0. The van der Waals surface area contributed by atoms with Crippen LogP contribution in [0.5, 0.6) is 6.08 Å². The molecule has 0 amide bonds. The van der Waals surface area contributed by atoms with Crippen molar-refractivity contribution < 1.29 is 9.15 Å². The number of hydrogen-bond acceptors (Lipinski definition) is 4. The summed E-state index contributed by atoms with van der Waals surface area (Å²) in [7, 11) is 0. The van der Waals surface area contributed by atoms with Gasteiger partial charge in [0, 0.05) is 6.54 Å². The van der Waals surface area contributed by atoms with Crippen LogP contribution in [0.2, 0.25) is 0 Å². The molecule has 1 unspecified atom stereocenters. The summed E-state index contributed by atoms with van der Waals surface area (Å²) < 4.78 is 11.0. The van der Waals surface area contributed by atoms with Crippen molar-refractivity contribution in [3.8, 4) is 6.08 Å². The van der Waals surface area contributed by atoms with Gasteiger partial charge in [-0.3, -0.25) is 0 Å². The fraction of sp³-hybridized carbons (Fsp3) is 0.800. The molecule has 0 saturated carbocycles. The number of nitrogens with zero attached hydrogens (tertiary/aromatic N) is 1. The van der Waals surface area contributed by atoms with Crippen LogP contribution in [-0.4, -0.2) is 18.1 Å². The number of oxazole rings is 1. The van der Waals surface area contributed by atoms with Crippen LogP contribution in [0, 0.1) is 5.92 Å². The standard InChI is InChI=1S/C15H28N2O2/c1-4-7-8-13(6-3)11-18-15-17-14(12-19-15)10-16-9-5-2/h12-13,16H,4-11H2,1-3H3. The van der Waals surface area contributed by atoms with E-state index in [1.165, 1.54) is 19.3 Å². The molecule has 0 spiro atoms. The zero-order valence-corrected chi connectivity index (χ0v) is 12.6. The predicted octanol–water partition coefficient (Wildman–Crippen LogP) is 3.77. The molecule has 0 saturated heterocycles. The second kappa shape index (κ2) is 9.84.